The Morgan fingerprint density at radius 1 is 0.938 bits per heavy atom. The summed E-state index contributed by atoms with van der Waals surface area (Å²) in [5.41, 5.74) is 5.45. The van der Waals surface area contributed by atoms with Crippen LogP contribution < -0.4 is 5.32 Å². The molecule has 2 heterocycles. The molecule has 32 heavy (non-hydrogen) atoms. The summed E-state index contributed by atoms with van der Waals surface area (Å²) in [6.07, 6.45) is 0.311. The minimum Gasteiger partial charge on any atom is -0.293 e. The molecule has 0 aliphatic heterocycles. The van der Waals surface area contributed by atoms with Crippen molar-refractivity contribution in [2.75, 3.05) is 5.32 Å². The van der Waals surface area contributed by atoms with Crippen LogP contribution in [0.1, 0.15) is 29.0 Å². The molecular weight excluding hydrogens is 416 g/mol. The molecule has 5 aromatic rings. The van der Waals surface area contributed by atoms with Crippen LogP contribution in [0.15, 0.2) is 90.3 Å². The molecule has 0 aliphatic carbocycles. The summed E-state index contributed by atoms with van der Waals surface area (Å²) >= 11 is 1.51. The number of carbonyl (C=O) groups is 1. The van der Waals surface area contributed by atoms with E-state index in [2.05, 4.69) is 70.9 Å². The molecule has 0 spiro atoms. The van der Waals surface area contributed by atoms with E-state index in [9.17, 15) is 4.79 Å². The van der Waals surface area contributed by atoms with Crippen molar-refractivity contribution in [2.45, 2.75) is 19.3 Å². The summed E-state index contributed by atoms with van der Waals surface area (Å²) in [4.78, 5) is 18.2. The minimum atomic E-state index is -0.113. The maximum atomic E-state index is 13.0. The van der Waals surface area contributed by atoms with E-state index in [1.54, 1.807) is 4.52 Å². The average molecular weight is 439 g/mol. The summed E-state index contributed by atoms with van der Waals surface area (Å²) in [5, 5.41) is 9.48. The second kappa shape index (κ2) is 8.77. The number of nitrogens with one attached hydrogen (secondary N) is 1. The fourth-order valence-electron chi connectivity index (χ4n) is 3.82. The molecule has 0 saturated heterocycles. The van der Waals surface area contributed by atoms with E-state index < -0.39 is 0 Å². The lowest BCUT2D eigenvalue weighted by Crippen LogP contribution is -2.17. The summed E-state index contributed by atoms with van der Waals surface area (Å²) in [7, 11) is 0. The van der Waals surface area contributed by atoms with Crippen LogP contribution in [0.3, 0.4) is 0 Å². The highest BCUT2D eigenvalue weighted by Gasteiger charge is 2.20. The number of carbonyl (C=O) groups excluding carboxylic acids is 1. The van der Waals surface area contributed by atoms with Crippen molar-refractivity contribution in [3.05, 3.63) is 107 Å². The molecule has 0 bridgehead atoms. The fourth-order valence-corrected chi connectivity index (χ4v) is 4.65. The van der Waals surface area contributed by atoms with Gasteiger partial charge in [0.25, 0.3) is 0 Å². The Bertz CT molecular complexity index is 1300. The lowest BCUT2D eigenvalue weighted by atomic mass is 9.88. The first-order chi connectivity index (χ1) is 15.7. The molecule has 5 rings (SSSR count). The van der Waals surface area contributed by atoms with Gasteiger partial charge in [0.15, 0.2) is 0 Å². The van der Waals surface area contributed by atoms with E-state index in [4.69, 9.17) is 0 Å². The molecule has 2 aromatic heterocycles. The van der Waals surface area contributed by atoms with E-state index in [0.717, 1.165) is 27.3 Å². The largest absolute Gasteiger partial charge is 0.293 e. The highest BCUT2D eigenvalue weighted by molar-refractivity contribution is 7.15. The van der Waals surface area contributed by atoms with Crippen molar-refractivity contribution in [1.82, 2.24) is 14.6 Å². The number of aromatic nitrogens is 3. The standard InChI is InChI=1S/C26H22N4OS/c1-18-12-14-21(15-13-18)23-17-32-26-28-25(29-30(23)26)27-24(31)16-22(19-8-4-2-5-9-19)20-10-6-3-7-11-20/h2-15,17,22H,16H2,1H3,(H,27,29,31). The van der Waals surface area contributed by atoms with Crippen molar-refractivity contribution in [3.8, 4) is 11.3 Å². The van der Waals surface area contributed by atoms with Gasteiger partial charge in [-0.15, -0.1) is 16.4 Å². The zero-order valence-electron chi connectivity index (χ0n) is 17.6. The van der Waals surface area contributed by atoms with Gasteiger partial charge < -0.3 is 0 Å². The third-order valence-electron chi connectivity index (χ3n) is 5.47. The van der Waals surface area contributed by atoms with Crippen molar-refractivity contribution in [2.24, 2.45) is 0 Å². The lowest BCUT2D eigenvalue weighted by molar-refractivity contribution is -0.116. The van der Waals surface area contributed by atoms with Crippen molar-refractivity contribution < 1.29 is 4.79 Å². The first-order valence-corrected chi connectivity index (χ1v) is 11.4. The summed E-state index contributed by atoms with van der Waals surface area (Å²) in [5.74, 6) is 0.178. The molecule has 0 atom stereocenters. The number of anilines is 1. The monoisotopic (exact) mass is 438 g/mol. The van der Waals surface area contributed by atoms with Gasteiger partial charge in [0.1, 0.15) is 0 Å². The molecule has 1 amide bonds. The molecule has 0 unspecified atom stereocenters. The maximum Gasteiger partial charge on any atom is 0.250 e. The summed E-state index contributed by atoms with van der Waals surface area (Å²) in [6, 6.07) is 28.5. The fraction of sp³-hybridized carbons (Fsp3) is 0.115. The van der Waals surface area contributed by atoms with E-state index >= 15 is 0 Å². The van der Waals surface area contributed by atoms with Crippen molar-refractivity contribution >= 4 is 28.2 Å². The van der Waals surface area contributed by atoms with Crippen molar-refractivity contribution in [1.29, 1.82) is 0 Å². The summed E-state index contributed by atoms with van der Waals surface area (Å²) in [6.45, 7) is 2.06. The Morgan fingerprint density at radius 3 is 2.19 bits per heavy atom. The first kappa shape index (κ1) is 20.2. The molecule has 1 N–H and O–H groups in total. The SMILES string of the molecule is Cc1ccc(-c2csc3nc(NC(=O)CC(c4ccccc4)c4ccccc4)nn23)cc1. The lowest BCUT2D eigenvalue weighted by Gasteiger charge is -2.17. The normalized spacial score (nSPS) is 11.2. The number of hydrogen-bond donors (Lipinski definition) is 1. The molecule has 158 valence electrons. The Kier molecular flexibility index (Phi) is 5.52. The van der Waals surface area contributed by atoms with Crippen LogP contribution in [0.25, 0.3) is 16.2 Å². The Hall–Kier alpha value is -3.77. The van der Waals surface area contributed by atoms with Gasteiger partial charge in [0.2, 0.25) is 16.8 Å². The molecule has 3 aromatic carbocycles. The van der Waals surface area contributed by atoms with E-state index in [1.807, 2.05) is 41.8 Å². The van der Waals surface area contributed by atoms with Gasteiger partial charge in [-0.05, 0) is 18.1 Å². The first-order valence-electron chi connectivity index (χ1n) is 10.5. The van der Waals surface area contributed by atoms with Gasteiger partial charge in [-0.3, -0.25) is 10.1 Å². The van der Waals surface area contributed by atoms with E-state index in [-0.39, 0.29) is 11.8 Å². The van der Waals surface area contributed by atoms with Crippen molar-refractivity contribution in [3.63, 3.8) is 0 Å². The predicted octanol–water partition coefficient (Wildman–Crippen LogP) is 5.93. The average Bonchev–Trinajstić information content (AvgIpc) is 3.39. The zero-order chi connectivity index (χ0) is 21.9. The molecule has 0 radical (unpaired) electrons. The van der Waals surface area contributed by atoms with Crippen LogP contribution in [-0.4, -0.2) is 20.5 Å². The molecular formula is C26H22N4OS. The van der Waals surface area contributed by atoms with Crippen LogP contribution in [0.5, 0.6) is 0 Å². The topological polar surface area (TPSA) is 59.3 Å². The Balaban J connectivity index is 1.37. The number of aryl methyl sites for hydroxylation is 1. The predicted molar refractivity (Wildman–Crippen MR) is 129 cm³/mol. The van der Waals surface area contributed by atoms with Gasteiger partial charge in [-0.2, -0.15) is 4.98 Å². The molecule has 0 saturated carbocycles. The highest BCUT2D eigenvalue weighted by atomic mass is 32.1. The Morgan fingerprint density at radius 2 is 1.56 bits per heavy atom. The third kappa shape index (κ3) is 4.18. The molecule has 0 fully saturated rings. The van der Waals surface area contributed by atoms with Gasteiger partial charge in [-0.1, -0.05) is 90.5 Å². The second-order valence-electron chi connectivity index (χ2n) is 7.74. The van der Waals surface area contributed by atoms with Gasteiger partial charge in [0.05, 0.1) is 5.69 Å². The number of nitrogens with zero attached hydrogens (tertiary/aromatic N) is 3. The van der Waals surface area contributed by atoms with Gasteiger partial charge >= 0.3 is 0 Å². The number of rotatable bonds is 6. The molecule has 5 nitrogen and oxygen atoms in total. The molecule has 6 heteroatoms. The number of benzene rings is 3. The number of thiazole rings is 1. The van der Waals surface area contributed by atoms with Crippen LogP contribution in [-0.2, 0) is 4.79 Å². The number of fused-ring (bicyclic) bond motifs is 1. The quantitative estimate of drug-likeness (QED) is 0.358. The third-order valence-corrected chi connectivity index (χ3v) is 6.29. The van der Waals surface area contributed by atoms with Gasteiger partial charge in [-0.25, -0.2) is 4.52 Å². The minimum absolute atomic E-state index is 0.0377. The van der Waals surface area contributed by atoms with Crippen LogP contribution in [0, 0.1) is 6.92 Å². The smallest absolute Gasteiger partial charge is 0.250 e. The molecule has 0 aliphatic rings. The van der Waals surface area contributed by atoms with E-state index in [1.165, 1.54) is 16.9 Å². The number of hydrogen-bond acceptors (Lipinski definition) is 4. The van der Waals surface area contributed by atoms with E-state index in [0.29, 0.717) is 12.4 Å². The maximum absolute atomic E-state index is 13.0. The van der Waals surface area contributed by atoms with Crippen LogP contribution in [0.2, 0.25) is 0 Å². The second-order valence-corrected chi connectivity index (χ2v) is 8.58. The number of amides is 1. The van der Waals surface area contributed by atoms with Crippen LogP contribution >= 0.6 is 11.3 Å². The zero-order valence-corrected chi connectivity index (χ0v) is 18.4. The highest BCUT2D eigenvalue weighted by Crippen LogP contribution is 2.29. The van der Waals surface area contributed by atoms with Gasteiger partial charge in [0, 0.05) is 23.3 Å². The summed E-state index contributed by atoms with van der Waals surface area (Å²) < 4.78 is 1.79. The van der Waals surface area contributed by atoms with Crippen LogP contribution in [0.4, 0.5) is 5.95 Å². The Labute approximate surface area is 190 Å².